The maximum Gasteiger partial charge on any atom is 0.150 e. The lowest BCUT2D eigenvalue weighted by atomic mass is 9.79. The van der Waals surface area contributed by atoms with Gasteiger partial charge in [0.25, 0.3) is 0 Å². The zero-order valence-electron chi connectivity index (χ0n) is 10.9. The third-order valence-corrected chi connectivity index (χ3v) is 3.82. The number of ether oxygens (including phenoxy) is 2. The second-order valence-electron chi connectivity index (χ2n) is 5.54. The van der Waals surface area contributed by atoms with Gasteiger partial charge in [-0.05, 0) is 39.8 Å². The van der Waals surface area contributed by atoms with Crippen molar-refractivity contribution in [2.24, 2.45) is 5.92 Å². The minimum absolute atomic E-state index is 0.0663. The van der Waals surface area contributed by atoms with Gasteiger partial charge in [0.2, 0.25) is 0 Å². The van der Waals surface area contributed by atoms with E-state index in [1.165, 1.54) is 0 Å². The summed E-state index contributed by atoms with van der Waals surface area (Å²) in [5.74, 6) is 0.549. The van der Waals surface area contributed by atoms with Gasteiger partial charge in [-0.25, -0.2) is 0 Å². The molecule has 1 spiro atoms. The average molecular weight is 241 g/mol. The van der Waals surface area contributed by atoms with Crippen molar-refractivity contribution < 1.29 is 14.3 Å². The van der Waals surface area contributed by atoms with Crippen molar-refractivity contribution in [3.05, 3.63) is 0 Å². The quantitative estimate of drug-likeness (QED) is 0.741. The van der Waals surface area contributed by atoms with E-state index >= 15 is 0 Å². The van der Waals surface area contributed by atoms with Gasteiger partial charge >= 0.3 is 0 Å². The molecule has 98 valence electrons. The Hall–Kier alpha value is -0.450. The summed E-state index contributed by atoms with van der Waals surface area (Å²) in [5.41, 5.74) is -0.0663. The Balaban J connectivity index is 1.94. The summed E-state index contributed by atoms with van der Waals surface area (Å²) >= 11 is 0. The number of nitrogens with zero attached hydrogens (tertiary/aromatic N) is 1. The van der Waals surface area contributed by atoms with Crippen molar-refractivity contribution in [3.8, 4) is 0 Å². The fourth-order valence-electron chi connectivity index (χ4n) is 2.84. The van der Waals surface area contributed by atoms with Crippen LogP contribution in [0.1, 0.15) is 25.7 Å². The molecular formula is C13H23NO3. The molecular weight excluding hydrogens is 218 g/mol. The van der Waals surface area contributed by atoms with Crippen molar-refractivity contribution in [1.82, 2.24) is 4.90 Å². The van der Waals surface area contributed by atoms with Crippen LogP contribution in [0.15, 0.2) is 0 Å². The number of Topliss-reactive ketones (excluding diaryl/α,β-unsaturated/α-hetero) is 1. The van der Waals surface area contributed by atoms with Gasteiger partial charge in [0.1, 0.15) is 5.78 Å². The standard InChI is InChI=1S/C13H23NO3/c1-14(2)10-12(15)11-3-6-17-13(9-11)4-7-16-8-5-13/h11H,3-10H2,1-2H3. The number of hydrogen-bond donors (Lipinski definition) is 0. The first-order valence-electron chi connectivity index (χ1n) is 6.50. The van der Waals surface area contributed by atoms with E-state index < -0.39 is 0 Å². The molecule has 4 heteroatoms. The smallest absolute Gasteiger partial charge is 0.150 e. The third-order valence-electron chi connectivity index (χ3n) is 3.82. The van der Waals surface area contributed by atoms with Crippen molar-refractivity contribution in [2.45, 2.75) is 31.3 Å². The summed E-state index contributed by atoms with van der Waals surface area (Å²) in [4.78, 5) is 14.1. The Labute approximate surface area is 103 Å². The molecule has 1 atom stereocenters. The number of likely N-dealkylation sites (N-methyl/N-ethyl adjacent to an activating group) is 1. The van der Waals surface area contributed by atoms with E-state index in [4.69, 9.17) is 9.47 Å². The first kappa shape index (κ1) is 13.0. The Kier molecular flexibility index (Phi) is 4.17. The van der Waals surface area contributed by atoms with Crippen LogP contribution in [0, 0.1) is 5.92 Å². The third kappa shape index (κ3) is 3.27. The number of hydrogen-bond acceptors (Lipinski definition) is 4. The van der Waals surface area contributed by atoms with E-state index in [-0.39, 0.29) is 11.5 Å². The lowest BCUT2D eigenvalue weighted by Gasteiger charge is -2.43. The van der Waals surface area contributed by atoms with Crippen LogP contribution in [0.25, 0.3) is 0 Å². The first-order chi connectivity index (χ1) is 8.11. The van der Waals surface area contributed by atoms with Crippen LogP contribution < -0.4 is 0 Å². The molecule has 1 unspecified atom stereocenters. The topological polar surface area (TPSA) is 38.8 Å². The predicted octanol–water partition coefficient (Wildman–Crippen LogP) is 1.09. The van der Waals surface area contributed by atoms with E-state index in [2.05, 4.69) is 0 Å². The van der Waals surface area contributed by atoms with Gasteiger partial charge in [-0.15, -0.1) is 0 Å². The van der Waals surface area contributed by atoms with Gasteiger partial charge in [0.05, 0.1) is 12.1 Å². The number of carbonyl (C=O) groups excluding carboxylic acids is 1. The summed E-state index contributed by atoms with van der Waals surface area (Å²) in [6.45, 7) is 2.82. The highest BCUT2D eigenvalue weighted by atomic mass is 16.5. The Morgan fingerprint density at radius 3 is 2.65 bits per heavy atom. The van der Waals surface area contributed by atoms with Crippen molar-refractivity contribution in [3.63, 3.8) is 0 Å². The zero-order chi connectivity index (χ0) is 12.3. The number of rotatable bonds is 3. The van der Waals surface area contributed by atoms with E-state index in [9.17, 15) is 4.79 Å². The molecule has 0 aromatic heterocycles. The lowest BCUT2D eigenvalue weighted by molar-refractivity contribution is -0.157. The first-order valence-corrected chi connectivity index (χ1v) is 6.50. The van der Waals surface area contributed by atoms with Gasteiger partial charge in [-0.3, -0.25) is 4.79 Å². The van der Waals surface area contributed by atoms with Crippen molar-refractivity contribution >= 4 is 5.78 Å². The van der Waals surface area contributed by atoms with Gasteiger partial charge in [-0.1, -0.05) is 0 Å². The van der Waals surface area contributed by atoms with Crippen LogP contribution in [0.3, 0.4) is 0 Å². The molecule has 0 N–H and O–H groups in total. The van der Waals surface area contributed by atoms with Gasteiger partial charge in [0.15, 0.2) is 0 Å². The highest BCUT2D eigenvalue weighted by molar-refractivity contribution is 5.83. The highest BCUT2D eigenvalue weighted by Gasteiger charge is 2.40. The zero-order valence-corrected chi connectivity index (χ0v) is 10.9. The molecule has 2 rings (SSSR count). The maximum atomic E-state index is 12.1. The second kappa shape index (κ2) is 5.46. The minimum atomic E-state index is -0.0663. The van der Waals surface area contributed by atoms with Crippen LogP contribution >= 0.6 is 0 Å². The molecule has 0 aliphatic carbocycles. The molecule has 2 aliphatic rings. The summed E-state index contributed by atoms with van der Waals surface area (Å²) in [6.07, 6.45) is 3.66. The molecule has 0 aromatic carbocycles. The molecule has 4 nitrogen and oxygen atoms in total. The summed E-state index contributed by atoms with van der Waals surface area (Å²) in [7, 11) is 3.89. The van der Waals surface area contributed by atoms with Gasteiger partial charge in [0, 0.05) is 25.7 Å². The molecule has 0 radical (unpaired) electrons. The fourth-order valence-corrected chi connectivity index (χ4v) is 2.84. The fraction of sp³-hybridized carbons (Fsp3) is 0.923. The molecule has 0 amide bonds. The Bertz CT molecular complexity index is 266. The molecule has 0 saturated carbocycles. The second-order valence-corrected chi connectivity index (χ2v) is 5.54. The monoisotopic (exact) mass is 241 g/mol. The van der Waals surface area contributed by atoms with E-state index in [0.717, 1.165) is 45.5 Å². The summed E-state index contributed by atoms with van der Waals surface area (Å²) in [5, 5.41) is 0. The van der Waals surface area contributed by atoms with E-state index in [0.29, 0.717) is 12.3 Å². The van der Waals surface area contributed by atoms with Crippen molar-refractivity contribution in [1.29, 1.82) is 0 Å². The van der Waals surface area contributed by atoms with Crippen molar-refractivity contribution in [2.75, 3.05) is 40.5 Å². The largest absolute Gasteiger partial charge is 0.381 e. The average Bonchev–Trinajstić information content (AvgIpc) is 2.29. The number of ketones is 1. The molecule has 0 bridgehead atoms. The van der Waals surface area contributed by atoms with Crippen LogP contribution in [0.2, 0.25) is 0 Å². The molecule has 2 aliphatic heterocycles. The Morgan fingerprint density at radius 1 is 1.29 bits per heavy atom. The Morgan fingerprint density at radius 2 is 2.00 bits per heavy atom. The van der Waals surface area contributed by atoms with Crippen LogP contribution in [0.5, 0.6) is 0 Å². The van der Waals surface area contributed by atoms with Crippen LogP contribution in [-0.2, 0) is 14.3 Å². The highest BCUT2D eigenvalue weighted by Crippen LogP contribution is 2.37. The summed E-state index contributed by atoms with van der Waals surface area (Å²) < 4.78 is 11.3. The molecule has 2 saturated heterocycles. The predicted molar refractivity (Wildman–Crippen MR) is 65.0 cm³/mol. The molecule has 0 aromatic rings. The summed E-state index contributed by atoms with van der Waals surface area (Å²) in [6, 6.07) is 0. The molecule has 2 heterocycles. The SMILES string of the molecule is CN(C)CC(=O)C1CCOC2(CCOCC2)C1. The lowest BCUT2D eigenvalue weighted by Crippen LogP contribution is -2.46. The minimum Gasteiger partial charge on any atom is -0.381 e. The number of carbonyl (C=O) groups is 1. The van der Waals surface area contributed by atoms with E-state index in [1.807, 2.05) is 19.0 Å². The van der Waals surface area contributed by atoms with Crippen LogP contribution in [-0.4, -0.2) is 56.7 Å². The van der Waals surface area contributed by atoms with Gasteiger partial charge < -0.3 is 14.4 Å². The molecule has 17 heavy (non-hydrogen) atoms. The normalized spacial score (nSPS) is 28.5. The van der Waals surface area contributed by atoms with Gasteiger partial charge in [-0.2, -0.15) is 0 Å². The maximum absolute atomic E-state index is 12.1. The van der Waals surface area contributed by atoms with Crippen LogP contribution in [0.4, 0.5) is 0 Å². The molecule has 2 fully saturated rings. The van der Waals surface area contributed by atoms with E-state index in [1.54, 1.807) is 0 Å².